The minimum absolute atomic E-state index is 0.00709. The van der Waals surface area contributed by atoms with Crippen LogP contribution in [-0.4, -0.2) is 61.1 Å². The van der Waals surface area contributed by atoms with E-state index in [0.29, 0.717) is 24.2 Å². The maximum absolute atomic E-state index is 16.2. The number of hydrogen-bond donors (Lipinski definition) is 4. The molecule has 0 heterocycles. The van der Waals surface area contributed by atoms with Crippen molar-refractivity contribution in [2.75, 3.05) is 18.8 Å². The van der Waals surface area contributed by atoms with E-state index in [0.717, 1.165) is 12.5 Å². The second-order valence-electron chi connectivity index (χ2n) is 10.4. The second kappa shape index (κ2) is 16.4. The van der Waals surface area contributed by atoms with Crippen molar-refractivity contribution in [3.63, 3.8) is 0 Å². The summed E-state index contributed by atoms with van der Waals surface area (Å²) < 4.78 is 44.5. The van der Waals surface area contributed by atoms with Crippen LogP contribution in [0.2, 0.25) is 0 Å². The van der Waals surface area contributed by atoms with E-state index in [2.05, 4.69) is 17.9 Å². The van der Waals surface area contributed by atoms with E-state index in [-0.39, 0.29) is 49.0 Å². The first kappa shape index (κ1) is 34.7. The van der Waals surface area contributed by atoms with Crippen LogP contribution in [-0.2, 0) is 37.4 Å². The van der Waals surface area contributed by atoms with Crippen LogP contribution in [0, 0.1) is 11.7 Å². The number of carbonyl (C=O) groups is 3. The molecule has 0 aliphatic rings. The van der Waals surface area contributed by atoms with Crippen molar-refractivity contribution in [2.45, 2.75) is 50.7 Å². The average molecular weight is 644 g/mol. The molecule has 3 aromatic carbocycles. The number of aliphatic hydroxyl groups excluding tert-OH is 1. The first-order valence-electron chi connectivity index (χ1n) is 14.3. The first-order valence-corrected chi connectivity index (χ1v) is 16.4. The van der Waals surface area contributed by atoms with Crippen LogP contribution in [0.4, 0.5) is 4.39 Å². The van der Waals surface area contributed by atoms with Crippen LogP contribution >= 0.6 is 12.6 Å². The minimum Gasteiger partial charge on any atom is -0.384 e. The van der Waals surface area contributed by atoms with Gasteiger partial charge in [0.1, 0.15) is 16.8 Å². The molecule has 236 valence electrons. The smallest absolute Gasteiger partial charge is 0.267 e. The molecule has 12 heteroatoms. The Morgan fingerprint density at radius 3 is 2.20 bits per heavy atom. The summed E-state index contributed by atoms with van der Waals surface area (Å²) >= 11 is 4.33. The number of hydrogen-bond acceptors (Lipinski definition) is 7. The fourth-order valence-corrected chi connectivity index (χ4v) is 6.24. The molecule has 0 aliphatic heterocycles. The molecule has 0 aromatic heterocycles. The Morgan fingerprint density at radius 2 is 1.61 bits per heavy atom. The molecule has 0 aliphatic carbocycles. The van der Waals surface area contributed by atoms with Gasteiger partial charge in [-0.15, -0.1) is 0 Å². The normalized spacial score (nSPS) is 12.7. The molecule has 9 nitrogen and oxygen atoms in total. The number of halogens is 1. The van der Waals surface area contributed by atoms with Crippen molar-refractivity contribution in [2.24, 2.45) is 5.92 Å². The van der Waals surface area contributed by atoms with Gasteiger partial charge in [0.15, 0.2) is 0 Å². The Balaban J connectivity index is 1.87. The highest BCUT2D eigenvalue weighted by molar-refractivity contribution is 7.90. The van der Waals surface area contributed by atoms with E-state index in [1.807, 2.05) is 37.3 Å². The Morgan fingerprint density at radius 1 is 0.977 bits per heavy atom. The van der Waals surface area contributed by atoms with E-state index in [4.69, 9.17) is 0 Å². The summed E-state index contributed by atoms with van der Waals surface area (Å²) in [5.41, 5.74) is 1.29. The minimum atomic E-state index is -4.77. The van der Waals surface area contributed by atoms with E-state index in [9.17, 15) is 27.9 Å². The van der Waals surface area contributed by atoms with Crippen molar-refractivity contribution in [1.82, 2.24) is 14.9 Å². The lowest BCUT2D eigenvalue weighted by atomic mass is 10.0. The zero-order valence-electron chi connectivity index (χ0n) is 24.7. The van der Waals surface area contributed by atoms with Crippen LogP contribution in [0.3, 0.4) is 0 Å². The molecule has 3 aromatic rings. The summed E-state index contributed by atoms with van der Waals surface area (Å²) in [6, 6.07) is 20.6. The molecule has 0 bridgehead atoms. The van der Waals surface area contributed by atoms with Crippen molar-refractivity contribution in [1.29, 1.82) is 0 Å². The standard InChI is InChI=1S/C32H38FN3O6S2/c1-3-10-28(38)36(18-17-34-32(40)26(21-43)19-23-11-6-4-7-12-23)20-25-15-16-27(24-13-8-5-9-14-24)30(29(25)33)44(41,42)35-31(39)22(2)37/h4-9,11-16,22,26,37,43H,3,10,17-21H2,1-2H3,(H,34,40)(H,35,39). The van der Waals surface area contributed by atoms with Crippen molar-refractivity contribution in [3.8, 4) is 11.1 Å². The SMILES string of the molecule is CCCC(=O)N(CCNC(=O)C(CS)Cc1ccccc1)Cc1ccc(-c2ccccc2)c(S(=O)(=O)NC(=O)C(C)O)c1F. The van der Waals surface area contributed by atoms with Gasteiger partial charge in [-0.3, -0.25) is 14.4 Å². The molecular formula is C32H38FN3O6S2. The fraction of sp³-hybridized carbons (Fsp3) is 0.344. The zero-order chi connectivity index (χ0) is 32.3. The molecule has 2 atom stereocenters. The molecule has 3 rings (SSSR count). The zero-order valence-corrected chi connectivity index (χ0v) is 26.4. The maximum Gasteiger partial charge on any atom is 0.267 e. The summed E-state index contributed by atoms with van der Waals surface area (Å²) in [4.78, 5) is 38.6. The molecule has 0 spiro atoms. The Hall–Kier alpha value is -3.74. The lowest BCUT2D eigenvalue weighted by molar-refractivity contribution is -0.132. The molecular weight excluding hydrogens is 605 g/mol. The largest absolute Gasteiger partial charge is 0.384 e. The van der Waals surface area contributed by atoms with Gasteiger partial charge in [-0.1, -0.05) is 79.7 Å². The van der Waals surface area contributed by atoms with Gasteiger partial charge < -0.3 is 15.3 Å². The van der Waals surface area contributed by atoms with Gasteiger partial charge in [0, 0.05) is 42.9 Å². The monoisotopic (exact) mass is 643 g/mol. The molecule has 0 radical (unpaired) electrons. The van der Waals surface area contributed by atoms with Gasteiger partial charge in [0.2, 0.25) is 11.8 Å². The topological polar surface area (TPSA) is 133 Å². The van der Waals surface area contributed by atoms with Gasteiger partial charge in [-0.05, 0) is 30.9 Å². The van der Waals surface area contributed by atoms with E-state index >= 15 is 4.39 Å². The molecule has 0 saturated heterocycles. The number of rotatable bonds is 15. The third kappa shape index (κ3) is 9.38. The predicted molar refractivity (Wildman–Crippen MR) is 170 cm³/mol. The fourth-order valence-electron chi connectivity index (χ4n) is 4.56. The quantitative estimate of drug-likeness (QED) is 0.187. The number of nitrogens with zero attached hydrogens (tertiary/aromatic N) is 1. The van der Waals surface area contributed by atoms with Crippen LogP contribution in [0.15, 0.2) is 77.7 Å². The third-order valence-corrected chi connectivity index (χ3v) is 8.77. The van der Waals surface area contributed by atoms with Crippen LogP contribution in [0.1, 0.15) is 37.8 Å². The lowest BCUT2D eigenvalue weighted by Crippen LogP contribution is -2.41. The Labute approximate surface area is 263 Å². The molecule has 3 amide bonds. The number of aliphatic hydroxyl groups is 1. The first-order chi connectivity index (χ1) is 21.0. The van der Waals surface area contributed by atoms with Crippen molar-refractivity contribution < 1.29 is 32.3 Å². The Bertz CT molecular complexity index is 1540. The third-order valence-electron chi connectivity index (χ3n) is 6.92. The highest BCUT2D eigenvalue weighted by Gasteiger charge is 2.30. The molecule has 0 fully saturated rings. The average Bonchev–Trinajstić information content (AvgIpc) is 3.00. The predicted octanol–water partition coefficient (Wildman–Crippen LogP) is 3.71. The summed E-state index contributed by atoms with van der Waals surface area (Å²) in [7, 11) is -4.77. The molecule has 0 saturated carbocycles. The van der Waals surface area contributed by atoms with E-state index in [1.165, 1.54) is 17.0 Å². The summed E-state index contributed by atoms with van der Waals surface area (Å²) in [6.07, 6.45) is -0.457. The Kier molecular flexibility index (Phi) is 12.9. The van der Waals surface area contributed by atoms with Gasteiger partial charge in [-0.25, -0.2) is 17.5 Å². The van der Waals surface area contributed by atoms with Crippen molar-refractivity contribution >= 4 is 40.4 Å². The number of amides is 3. The van der Waals surface area contributed by atoms with E-state index < -0.39 is 38.7 Å². The lowest BCUT2D eigenvalue weighted by Gasteiger charge is -2.25. The number of thiol groups is 1. The van der Waals surface area contributed by atoms with E-state index in [1.54, 1.807) is 35.1 Å². The number of benzene rings is 3. The van der Waals surface area contributed by atoms with Gasteiger partial charge >= 0.3 is 0 Å². The number of sulfonamides is 1. The number of nitrogens with one attached hydrogen (secondary N) is 2. The molecule has 3 N–H and O–H groups in total. The molecule has 44 heavy (non-hydrogen) atoms. The van der Waals surface area contributed by atoms with Crippen LogP contribution in [0.25, 0.3) is 11.1 Å². The maximum atomic E-state index is 16.2. The number of carbonyl (C=O) groups excluding carboxylic acids is 3. The van der Waals surface area contributed by atoms with Gasteiger partial charge in [0.25, 0.3) is 15.9 Å². The summed E-state index contributed by atoms with van der Waals surface area (Å²) in [6.45, 7) is 2.78. The van der Waals surface area contributed by atoms with Crippen LogP contribution < -0.4 is 10.0 Å². The summed E-state index contributed by atoms with van der Waals surface area (Å²) in [5, 5.41) is 12.4. The van der Waals surface area contributed by atoms with Gasteiger partial charge in [0.05, 0.1) is 5.92 Å². The van der Waals surface area contributed by atoms with Gasteiger partial charge in [-0.2, -0.15) is 12.6 Å². The highest BCUT2D eigenvalue weighted by Crippen LogP contribution is 2.32. The molecule has 2 unspecified atom stereocenters. The summed E-state index contributed by atoms with van der Waals surface area (Å²) in [5.74, 6) is -2.94. The van der Waals surface area contributed by atoms with Crippen LogP contribution in [0.5, 0.6) is 0 Å². The highest BCUT2D eigenvalue weighted by atomic mass is 32.2. The second-order valence-corrected chi connectivity index (χ2v) is 12.3. The van der Waals surface area contributed by atoms with Crippen molar-refractivity contribution in [3.05, 3.63) is 89.7 Å².